The zero-order valence-electron chi connectivity index (χ0n) is 9.92. The van der Waals surface area contributed by atoms with Crippen molar-refractivity contribution in [3.05, 3.63) is 34.3 Å². The SMILES string of the molecule is COC(=O)C(C)(C)CCc1ccc(Br)cc1. The molecule has 16 heavy (non-hydrogen) atoms. The van der Waals surface area contributed by atoms with Crippen molar-refractivity contribution in [3.8, 4) is 0 Å². The van der Waals surface area contributed by atoms with Gasteiger partial charge in [-0.3, -0.25) is 4.79 Å². The molecule has 0 aliphatic rings. The van der Waals surface area contributed by atoms with Crippen molar-refractivity contribution < 1.29 is 9.53 Å². The molecule has 1 aromatic carbocycles. The lowest BCUT2D eigenvalue weighted by molar-refractivity contribution is -0.151. The topological polar surface area (TPSA) is 26.3 Å². The number of aryl methyl sites for hydroxylation is 1. The van der Waals surface area contributed by atoms with Crippen LogP contribution in [0.3, 0.4) is 0 Å². The number of esters is 1. The molecule has 2 nitrogen and oxygen atoms in total. The van der Waals surface area contributed by atoms with Crippen LogP contribution in [0.15, 0.2) is 28.7 Å². The van der Waals surface area contributed by atoms with Crippen LogP contribution in [-0.2, 0) is 16.0 Å². The van der Waals surface area contributed by atoms with Gasteiger partial charge in [-0.15, -0.1) is 0 Å². The van der Waals surface area contributed by atoms with Gasteiger partial charge in [0.2, 0.25) is 0 Å². The van der Waals surface area contributed by atoms with Crippen LogP contribution in [0.5, 0.6) is 0 Å². The van der Waals surface area contributed by atoms with Gasteiger partial charge >= 0.3 is 5.97 Å². The first-order valence-corrected chi connectivity index (χ1v) is 6.08. The van der Waals surface area contributed by atoms with E-state index >= 15 is 0 Å². The Kier molecular flexibility index (Phi) is 4.54. The Morgan fingerprint density at radius 1 is 1.31 bits per heavy atom. The minimum absolute atomic E-state index is 0.149. The van der Waals surface area contributed by atoms with Crippen molar-refractivity contribution in [1.29, 1.82) is 0 Å². The maximum atomic E-state index is 11.5. The van der Waals surface area contributed by atoms with Crippen LogP contribution < -0.4 is 0 Å². The number of methoxy groups -OCH3 is 1. The van der Waals surface area contributed by atoms with E-state index in [-0.39, 0.29) is 5.97 Å². The third-order valence-electron chi connectivity index (χ3n) is 2.69. The Balaban J connectivity index is 2.57. The van der Waals surface area contributed by atoms with Gasteiger partial charge in [-0.05, 0) is 44.4 Å². The molecule has 3 heteroatoms. The Morgan fingerprint density at radius 3 is 2.38 bits per heavy atom. The second-order valence-corrected chi connectivity index (χ2v) is 5.42. The summed E-state index contributed by atoms with van der Waals surface area (Å²) >= 11 is 3.40. The van der Waals surface area contributed by atoms with E-state index in [2.05, 4.69) is 28.1 Å². The molecule has 0 fully saturated rings. The second kappa shape index (κ2) is 5.48. The Labute approximate surface area is 105 Å². The van der Waals surface area contributed by atoms with Crippen molar-refractivity contribution in [3.63, 3.8) is 0 Å². The van der Waals surface area contributed by atoms with Gasteiger partial charge in [0.25, 0.3) is 0 Å². The van der Waals surface area contributed by atoms with E-state index < -0.39 is 5.41 Å². The van der Waals surface area contributed by atoms with E-state index in [4.69, 9.17) is 4.74 Å². The average molecular weight is 285 g/mol. The maximum Gasteiger partial charge on any atom is 0.311 e. The molecular weight excluding hydrogens is 268 g/mol. The van der Waals surface area contributed by atoms with Crippen LogP contribution in [0.25, 0.3) is 0 Å². The minimum atomic E-state index is -0.415. The summed E-state index contributed by atoms with van der Waals surface area (Å²) in [5.41, 5.74) is 0.821. The molecule has 0 heterocycles. The lowest BCUT2D eigenvalue weighted by Crippen LogP contribution is -2.26. The van der Waals surface area contributed by atoms with Crippen LogP contribution in [0.4, 0.5) is 0 Å². The number of hydrogen-bond donors (Lipinski definition) is 0. The average Bonchev–Trinajstić information content (AvgIpc) is 2.27. The number of carbonyl (C=O) groups is 1. The predicted octanol–water partition coefficient (Wildman–Crippen LogP) is 3.58. The summed E-state index contributed by atoms with van der Waals surface area (Å²) in [5.74, 6) is -0.149. The third kappa shape index (κ3) is 3.63. The molecule has 88 valence electrons. The first-order valence-electron chi connectivity index (χ1n) is 5.28. The summed E-state index contributed by atoms with van der Waals surface area (Å²) in [6, 6.07) is 8.16. The summed E-state index contributed by atoms with van der Waals surface area (Å²) < 4.78 is 5.85. The molecule has 1 aromatic rings. The summed E-state index contributed by atoms with van der Waals surface area (Å²) in [4.78, 5) is 11.5. The fourth-order valence-electron chi connectivity index (χ4n) is 1.49. The lowest BCUT2D eigenvalue weighted by Gasteiger charge is -2.21. The van der Waals surface area contributed by atoms with Crippen molar-refractivity contribution >= 4 is 21.9 Å². The first-order chi connectivity index (χ1) is 7.45. The van der Waals surface area contributed by atoms with E-state index in [1.807, 2.05) is 26.0 Å². The summed E-state index contributed by atoms with van der Waals surface area (Å²) in [5, 5.41) is 0. The van der Waals surface area contributed by atoms with Crippen molar-refractivity contribution in [2.45, 2.75) is 26.7 Å². The number of benzene rings is 1. The van der Waals surface area contributed by atoms with Crippen molar-refractivity contribution in [2.75, 3.05) is 7.11 Å². The highest BCUT2D eigenvalue weighted by molar-refractivity contribution is 9.10. The molecule has 0 aliphatic heterocycles. The van der Waals surface area contributed by atoms with Gasteiger partial charge in [-0.1, -0.05) is 28.1 Å². The highest BCUT2D eigenvalue weighted by Gasteiger charge is 2.27. The van der Waals surface area contributed by atoms with E-state index in [1.165, 1.54) is 12.7 Å². The van der Waals surface area contributed by atoms with Crippen LogP contribution in [0.2, 0.25) is 0 Å². The largest absolute Gasteiger partial charge is 0.469 e. The van der Waals surface area contributed by atoms with Crippen LogP contribution in [0, 0.1) is 5.41 Å². The van der Waals surface area contributed by atoms with Crippen molar-refractivity contribution in [1.82, 2.24) is 0 Å². The molecule has 1 rings (SSSR count). The molecule has 0 aromatic heterocycles. The highest BCUT2D eigenvalue weighted by Crippen LogP contribution is 2.24. The van der Waals surface area contributed by atoms with Gasteiger partial charge < -0.3 is 4.74 Å². The number of hydrogen-bond acceptors (Lipinski definition) is 2. The molecule has 0 radical (unpaired) electrons. The lowest BCUT2D eigenvalue weighted by atomic mass is 9.86. The normalized spacial score (nSPS) is 11.2. The van der Waals surface area contributed by atoms with Crippen LogP contribution in [0.1, 0.15) is 25.8 Å². The van der Waals surface area contributed by atoms with Gasteiger partial charge in [0.1, 0.15) is 0 Å². The summed E-state index contributed by atoms with van der Waals surface area (Å²) in [7, 11) is 1.43. The zero-order valence-corrected chi connectivity index (χ0v) is 11.5. The third-order valence-corrected chi connectivity index (χ3v) is 3.22. The Bertz CT molecular complexity index is 355. The van der Waals surface area contributed by atoms with Crippen molar-refractivity contribution in [2.24, 2.45) is 5.41 Å². The van der Waals surface area contributed by atoms with E-state index in [1.54, 1.807) is 0 Å². The smallest absolute Gasteiger partial charge is 0.311 e. The fourth-order valence-corrected chi connectivity index (χ4v) is 1.75. The van der Waals surface area contributed by atoms with Gasteiger partial charge in [-0.25, -0.2) is 0 Å². The number of halogens is 1. The Morgan fingerprint density at radius 2 is 1.88 bits per heavy atom. The Hall–Kier alpha value is -0.830. The molecular formula is C13H17BrO2. The van der Waals surface area contributed by atoms with Crippen LogP contribution in [-0.4, -0.2) is 13.1 Å². The monoisotopic (exact) mass is 284 g/mol. The number of rotatable bonds is 4. The number of carbonyl (C=O) groups excluding carboxylic acids is 1. The second-order valence-electron chi connectivity index (χ2n) is 4.50. The van der Waals surface area contributed by atoms with E-state index in [9.17, 15) is 4.79 Å². The van der Waals surface area contributed by atoms with Gasteiger partial charge in [0, 0.05) is 4.47 Å². The quantitative estimate of drug-likeness (QED) is 0.790. The molecule has 0 spiro atoms. The van der Waals surface area contributed by atoms with Gasteiger partial charge in [0.15, 0.2) is 0 Å². The zero-order chi connectivity index (χ0) is 12.2. The first kappa shape index (κ1) is 13.2. The molecule has 0 amide bonds. The molecule has 0 saturated carbocycles. The standard InChI is InChI=1S/C13H17BrO2/c1-13(2,12(15)16-3)9-8-10-4-6-11(14)7-5-10/h4-7H,8-9H2,1-3H3. The molecule has 0 bridgehead atoms. The highest BCUT2D eigenvalue weighted by atomic mass is 79.9. The molecule has 0 saturated heterocycles. The van der Waals surface area contributed by atoms with E-state index in [0.717, 1.165) is 17.3 Å². The molecule has 0 atom stereocenters. The molecule has 0 N–H and O–H groups in total. The molecule has 0 unspecified atom stereocenters. The van der Waals surface area contributed by atoms with Crippen LogP contribution >= 0.6 is 15.9 Å². The number of ether oxygens (including phenoxy) is 1. The summed E-state index contributed by atoms with van der Waals surface area (Å²) in [6.45, 7) is 3.83. The van der Waals surface area contributed by atoms with Gasteiger partial charge in [-0.2, -0.15) is 0 Å². The summed E-state index contributed by atoms with van der Waals surface area (Å²) in [6.07, 6.45) is 1.68. The fraction of sp³-hybridized carbons (Fsp3) is 0.462. The van der Waals surface area contributed by atoms with Gasteiger partial charge in [0.05, 0.1) is 12.5 Å². The minimum Gasteiger partial charge on any atom is -0.469 e. The molecule has 0 aliphatic carbocycles. The maximum absolute atomic E-state index is 11.5. The predicted molar refractivity (Wildman–Crippen MR) is 68.3 cm³/mol. The van der Waals surface area contributed by atoms with E-state index in [0.29, 0.717) is 0 Å².